The molecule has 2 unspecified atom stereocenters. The molecule has 0 aromatic rings. The average Bonchev–Trinajstić information content (AvgIpc) is 2.48. The lowest BCUT2D eigenvalue weighted by molar-refractivity contribution is -0.134. The van der Waals surface area contributed by atoms with Crippen molar-refractivity contribution in [2.45, 2.75) is 13.8 Å². The molecule has 0 radical (unpaired) electrons. The van der Waals surface area contributed by atoms with E-state index in [0.29, 0.717) is 5.92 Å². The van der Waals surface area contributed by atoms with Crippen LogP contribution in [0.5, 0.6) is 0 Å². The van der Waals surface area contributed by atoms with Gasteiger partial charge in [0.25, 0.3) is 0 Å². The van der Waals surface area contributed by atoms with Gasteiger partial charge in [-0.1, -0.05) is 6.92 Å². The minimum absolute atomic E-state index is 0.204. The van der Waals surface area contributed by atoms with Crippen LogP contribution in [0.25, 0.3) is 0 Å². The van der Waals surface area contributed by atoms with Crippen LogP contribution in [0.2, 0.25) is 0 Å². The van der Waals surface area contributed by atoms with Crippen molar-refractivity contribution < 1.29 is 4.79 Å². The van der Waals surface area contributed by atoms with Crippen molar-refractivity contribution in [3.05, 3.63) is 0 Å². The molecule has 1 heterocycles. The van der Waals surface area contributed by atoms with Gasteiger partial charge in [-0.15, -0.1) is 0 Å². The largest absolute Gasteiger partial charge is 0.346 e. The summed E-state index contributed by atoms with van der Waals surface area (Å²) in [6.07, 6.45) is 0. The molecule has 1 saturated heterocycles. The predicted octanol–water partition coefficient (Wildman–Crippen LogP) is 0.320. The number of hydrogen-bond donors (Lipinski definition) is 1. The van der Waals surface area contributed by atoms with E-state index in [1.54, 1.807) is 4.90 Å². The van der Waals surface area contributed by atoms with Gasteiger partial charge in [0.2, 0.25) is 5.91 Å². The third-order valence-corrected chi connectivity index (χ3v) is 2.69. The molecule has 1 aliphatic rings. The summed E-state index contributed by atoms with van der Waals surface area (Å²) >= 11 is 0. The molecule has 0 spiro atoms. The summed E-state index contributed by atoms with van der Waals surface area (Å²) in [7, 11) is 1.87. The molecule has 70 valence electrons. The van der Waals surface area contributed by atoms with Crippen LogP contribution in [-0.2, 0) is 4.79 Å². The number of carbonyl (C=O) groups excluding carboxylic acids is 1. The molecule has 1 aliphatic heterocycles. The summed E-state index contributed by atoms with van der Waals surface area (Å²) in [6.45, 7) is 6.78. The van der Waals surface area contributed by atoms with Gasteiger partial charge in [0.15, 0.2) is 0 Å². The molecule has 3 heteroatoms. The highest BCUT2D eigenvalue weighted by molar-refractivity contribution is 5.79. The normalized spacial score (nSPS) is 28.9. The summed E-state index contributed by atoms with van der Waals surface area (Å²) in [5, 5.41) is 3.23. The Morgan fingerprint density at radius 2 is 2.25 bits per heavy atom. The molecule has 0 bridgehead atoms. The maximum Gasteiger partial charge on any atom is 0.227 e. The molecular formula is C9H18N2O. The molecule has 1 amide bonds. The highest BCUT2D eigenvalue weighted by atomic mass is 16.2. The van der Waals surface area contributed by atoms with Crippen LogP contribution < -0.4 is 5.32 Å². The molecular weight excluding hydrogens is 152 g/mol. The molecule has 1 N–H and O–H groups in total. The van der Waals surface area contributed by atoms with Crippen molar-refractivity contribution in [3.63, 3.8) is 0 Å². The topological polar surface area (TPSA) is 32.3 Å². The molecule has 1 fully saturated rings. The van der Waals surface area contributed by atoms with E-state index in [9.17, 15) is 4.79 Å². The van der Waals surface area contributed by atoms with Gasteiger partial charge in [-0.2, -0.15) is 0 Å². The third-order valence-electron chi connectivity index (χ3n) is 2.69. The Labute approximate surface area is 74.1 Å². The smallest absolute Gasteiger partial charge is 0.227 e. The Bertz CT molecular complexity index is 170. The standard InChI is InChI=1S/C9H18N2O/c1-4-11(3)9(12)8-6-10-5-7(8)2/h7-8,10H,4-6H2,1-3H3. The molecule has 12 heavy (non-hydrogen) atoms. The van der Waals surface area contributed by atoms with Gasteiger partial charge in [-0.05, 0) is 19.4 Å². The Kier molecular flexibility index (Phi) is 3.09. The van der Waals surface area contributed by atoms with Gasteiger partial charge in [-0.25, -0.2) is 0 Å². The fourth-order valence-electron chi connectivity index (χ4n) is 1.58. The van der Waals surface area contributed by atoms with Gasteiger partial charge < -0.3 is 10.2 Å². The van der Waals surface area contributed by atoms with E-state index in [1.165, 1.54) is 0 Å². The van der Waals surface area contributed by atoms with Gasteiger partial charge >= 0.3 is 0 Å². The van der Waals surface area contributed by atoms with Crippen molar-refractivity contribution in [1.82, 2.24) is 10.2 Å². The van der Waals surface area contributed by atoms with Crippen LogP contribution in [-0.4, -0.2) is 37.5 Å². The van der Waals surface area contributed by atoms with Crippen LogP contribution in [0.3, 0.4) is 0 Å². The molecule has 1 rings (SSSR count). The van der Waals surface area contributed by atoms with Gasteiger partial charge in [-0.3, -0.25) is 4.79 Å². The van der Waals surface area contributed by atoms with Crippen LogP contribution in [0.15, 0.2) is 0 Å². The second kappa shape index (κ2) is 3.90. The highest BCUT2D eigenvalue weighted by Crippen LogP contribution is 2.17. The Hall–Kier alpha value is -0.570. The fraction of sp³-hybridized carbons (Fsp3) is 0.889. The van der Waals surface area contributed by atoms with Crippen LogP contribution in [0.1, 0.15) is 13.8 Å². The molecule has 0 aromatic heterocycles. The van der Waals surface area contributed by atoms with Crippen LogP contribution in [0, 0.1) is 11.8 Å². The summed E-state index contributed by atoms with van der Waals surface area (Å²) in [6, 6.07) is 0. The van der Waals surface area contributed by atoms with Crippen molar-refractivity contribution in [3.8, 4) is 0 Å². The third kappa shape index (κ3) is 1.78. The SMILES string of the molecule is CCN(C)C(=O)C1CNCC1C. The predicted molar refractivity (Wildman–Crippen MR) is 48.8 cm³/mol. The fourth-order valence-corrected chi connectivity index (χ4v) is 1.58. The van der Waals surface area contributed by atoms with E-state index < -0.39 is 0 Å². The van der Waals surface area contributed by atoms with Gasteiger partial charge in [0, 0.05) is 20.1 Å². The number of nitrogens with one attached hydrogen (secondary N) is 1. The quantitative estimate of drug-likeness (QED) is 0.647. The first-order valence-electron chi connectivity index (χ1n) is 4.62. The minimum atomic E-state index is 0.204. The first-order chi connectivity index (χ1) is 5.66. The average molecular weight is 170 g/mol. The van der Waals surface area contributed by atoms with Crippen molar-refractivity contribution >= 4 is 5.91 Å². The molecule has 3 nitrogen and oxygen atoms in total. The minimum Gasteiger partial charge on any atom is -0.346 e. The number of rotatable bonds is 2. The lowest BCUT2D eigenvalue weighted by atomic mass is 9.97. The lowest BCUT2D eigenvalue weighted by Gasteiger charge is -2.21. The van der Waals surface area contributed by atoms with Crippen molar-refractivity contribution in [2.75, 3.05) is 26.7 Å². The van der Waals surface area contributed by atoms with E-state index >= 15 is 0 Å². The van der Waals surface area contributed by atoms with E-state index in [1.807, 2.05) is 14.0 Å². The first-order valence-corrected chi connectivity index (χ1v) is 4.62. The molecule has 0 aromatic carbocycles. The van der Waals surface area contributed by atoms with Crippen LogP contribution >= 0.6 is 0 Å². The Morgan fingerprint density at radius 1 is 1.58 bits per heavy atom. The summed E-state index contributed by atoms with van der Waals surface area (Å²) in [4.78, 5) is 13.5. The maximum absolute atomic E-state index is 11.7. The summed E-state index contributed by atoms with van der Waals surface area (Å²) in [5.74, 6) is 0.983. The van der Waals surface area contributed by atoms with E-state index in [2.05, 4.69) is 12.2 Å². The highest BCUT2D eigenvalue weighted by Gasteiger charge is 2.30. The second-order valence-corrected chi connectivity index (χ2v) is 3.59. The van der Waals surface area contributed by atoms with E-state index in [0.717, 1.165) is 19.6 Å². The van der Waals surface area contributed by atoms with E-state index in [-0.39, 0.29) is 11.8 Å². The lowest BCUT2D eigenvalue weighted by Crippen LogP contribution is -2.35. The molecule has 2 atom stereocenters. The second-order valence-electron chi connectivity index (χ2n) is 3.59. The maximum atomic E-state index is 11.7. The zero-order valence-electron chi connectivity index (χ0n) is 8.13. The van der Waals surface area contributed by atoms with Gasteiger partial charge in [0.05, 0.1) is 5.92 Å². The molecule has 0 aliphatic carbocycles. The summed E-state index contributed by atoms with van der Waals surface area (Å²) in [5.41, 5.74) is 0. The monoisotopic (exact) mass is 170 g/mol. The Balaban J connectivity index is 2.51. The number of carbonyl (C=O) groups is 1. The van der Waals surface area contributed by atoms with Crippen molar-refractivity contribution in [1.29, 1.82) is 0 Å². The zero-order valence-corrected chi connectivity index (χ0v) is 8.13. The molecule has 0 saturated carbocycles. The number of nitrogens with zero attached hydrogens (tertiary/aromatic N) is 1. The van der Waals surface area contributed by atoms with E-state index in [4.69, 9.17) is 0 Å². The Morgan fingerprint density at radius 3 is 2.67 bits per heavy atom. The first kappa shape index (κ1) is 9.52. The van der Waals surface area contributed by atoms with Crippen molar-refractivity contribution in [2.24, 2.45) is 11.8 Å². The zero-order chi connectivity index (χ0) is 9.14. The van der Waals surface area contributed by atoms with Crippen LogP contribution in [0.4, 0.5) is 0 Å². The number of hydrogen-bond acceptors (Lipinski definition) is 2. The number of amides is 1. The van der Waals surface area contributed by atoms with Gasteiger partial charge in [0.1, 0.15) is 0 Å². The summed E-state index contributed by atoms with van der Waals surface area (Å²) < 4.78 is 0.